The average Bonchev–Trinajstić information content (AvgIpc) is 3.65. The van der Waals surface area contributed by atoms with Crippen LogP contribution < -0.4 is 31.9 Å². The number of aromatic amines is 1. The zero-order valence-electron chi connectivity index (χ0n) is 39.3. The number of fused-ring (bicyclic) bond motifs is 3. The van der Waals surface area contributed by atoms with Crippen LogP contribution in [0.2, 0.25) is 0 Å². The highest BCUT2D eigenvalue weighted by Crippen LogP contribution is 2.37. The van der Waals surface area contributed by atoms with E-state index < -0.39 is 90.0 Å². The lowest BCUT2D eigenvalue weighted by atomic mass is 9.82. The molecule has 1 aliphatic carbocycles. The average molecular weight is 926 g/mol. The third-order valence-electron chi connectivity index (χ3n) is 12.6. The fraction of sp³-hybridized carbons (Fsp3) is 0.377. The number of carboxylic acid groups (broad SMARTS) is 1. The summed E-state index contributed by atoms with van der Waals surface area (Å²) in [4.78, 5) is 98.6. The molecule has 6 atom stereocenters. The van der Waals surface area contributed by atoms with Crippen LogP contribution in [0.4, 0.5) is 0 Å². The maximum Gasteiger partial charge on any atom is 0.326 e. The number of carbonyl (C=O) groups is 7. The van der Waals surface area contributed by atoms with Crippen LogP contribution in [0.25, 0.3) is 10.9 Å². The number of para-hydroxylation sites is 1. The summed E-state index contributed by atoms with van der Waals surface area (Å²) in [6.45, 7) is 8.18. The van der Waals surface area contributed by atoms with Gasteiger partial charge in [-0.25, -0.2) is 4.79 Å². The Labute approximate surface area is 397 Å². The first kappa shape index (κ1) is 50.1. The molecule has 0 bridgehead atoms. The minimum Gasteiger partial charge on any atom is -0.480 e. The molecular weight excluding hydrogens is 863 g/mol. The number of hydrogen-bond acceptors (Lipinski definition) is 7. The van der Waals surface area contributed by atoms with Gasteiger partial charge in [0.15, 0.2) is 0 Å². The van der Waals surface area contributed by atoms with Crippen LogP contribution in [0.5, 0.6) is 0 Å². The second-order valence-corrected chi connectivity index (χ2v) is 18.1. The van der Waals surface area contributed by atoms with Crippen LogP contribution in [0, 0.1) is 11.8 Å². The Morgan fingerprint density at radius 2 is 1.24 bits per heavy atom. The first-order chi connectivity index (χ1) is 32.6. The molecule has 8 N–H and O–H groups in total. The molecule has 0 fully saturated rings. The van der Waals surface area contributed by atoms with Crippen molar-refractivity contribution in [2.45, 2.75) is 109 Å². The maximum absolute atomic E-state index is 14.6. The Morgan fingerprint density at radius 3 is 1.85 bits per heavy atom. The van der Waals surface area contributed by atoms with Crippen molar-refractivity contribution in [2.24, 2.45) is 11.8 Å². The van der Waals surface area contributed by atoms with Crippen LogP contribution in [-0.4, -0.2) is 88.3 Å². The van der Waals surface area contributed by atoms with E-state index in [1.54, 1.807) is 37.4 Å². The predicted molar refractivity (Wildman–Crippen MR) is 259 cm³/mol. The van der Waals surface area contributed by atoms with Gasteiger partial charge in [-0.15, -0.1) is 0 Å². The van der Waals surface area contributed by atoms with Gasteiger partial charge in [-0.1, -0.05) is 131 Å². The Morgan fingerprint density at radius 1 is 0.647 bits per heavy atom. The number of benzene rings is 4. The van der Waals surface area contributed by atoms with Gasteiger partial charge in [0.25, 0.3) is 0 Å². The quantitative estimate of drug-likeness (QED) is 0.0517. The van der Waals surface area contributed by atoms with Crippen LogP contribution in [0.15, 0.2) is 109 Å². The summed E-state index contributed by atoms with van der Waals surface area (Å²) in [5.74, 6) is -5.99. The van der Waals surface area contributed by atoms with Crippen molar-refractivity contribution in [3.63, 3.8) is 0 Å². The van der Waals surface area contributed by atoms with Crippen LogP contribution in [0.1, 0.15) is 86.8 Å². The number of amides is 6. The molecular formula is C53H63N7O8. The topological polar surface area (TPSA) is 228 Å². The Kier molecular flexibility index (Phi) is 17.3. The van der Waals surface area contributed by atoms with Crippen LogP contribution in [0.3, 0.4) is 0 Å². The molecule has 6 amide bonds. The molecule has 15 heteroatoms. The lowest BCUT2D eigenvalue weighted by molar-refractivity contribution is -0.142. The van der Waals surface area contributed by atoms with Crippen molar-refractivity contribution in [1.82, 2.24) is 36.9 Å². The van der Waals surface area contributed by atoms with Gasteiger partial charge < -0.3 is 42.0 Å². The SMILES string of the molecule is CC[C@H](C)[C@H](NC(=O)CNC(=O)[C@H](Cc1ccccc1)NC(=O)[C@H](CC(C)C)NC(=O)[C@H](NC(C)=O)C1c2ccccc2CCc2ccccc21)C(=O)N[C@@H](Cc1c[nH]c2ccccc12)C(=O)O. The highest BCUT2D eigenvalue weighted by Gasteiger charge is 2.38. The van der Waals surface area contributed by atoms with E-state index in [4.69, 9.17) is 0 Å². The number of rotatable bonds is 21. The monoisotopic (exact) mass is 925 g/mol. The smallest absolute Gasteiger partial charge is 0.326 e. The van der Waals surface area contributed by atoms with Gasteiger partial charge in [0.2, 0.25) is 35.4 Å². The third-order valence-corrected chi connectivity index (χ3v) is 12.6. The number of hydrogen-bond donors (Lipinski definition) is 8. The van der Waals surface area contributed by atoms with E-state index in [1.807, 2.05) is 99.6 Å². The van der Waals surface area contributed by atoms with Gasteiger partial charge in [0.05, 0.1) is 6.54 Å². The number of H-pyrrole nitrogens is 1. The van der Waals surface area contributed by atoms with Gasteiger partial charge in [-0.3, -0.25) is 28.8 Å². The molecule has 5 aromatic rings. The molecule has 68 heavy (non-hydrogen) atoms. The van der Waals surface area contributed by atoms with Gasteiger partial charge in [-0.2, -0.15) is 0 Å². The van der Waals surface area contributed by atoms with Gasteiger partial charge in [0.1, 0.15) is 30.2 Å². The van der Waals surface area contributed by atoms with Gasteiger partial charge >= 0.3 is 5.97 Å². The molecule has 0 spiro atoms. The van der Waals surface area contributed by atoms with Crippen molar-refractivity contribution in [3.8, 4) is 0 Å². The summed E-state index contributed by atoms with van der Waals surface area (Å²) in [5.41, 5.74) is 6.17. The van der Waals surface area contributed by atoms with Gasteiger partial charge in [0, 0.05) is 42.8 Å². The number of aliphatic carboxylic acids is 1. The summed E-state index contributed by atoms with van der Waals surface area (Å²) in [7, 11) is 0. The highest BCUT2D eigenvalue weighted by molar-refractivity contribution is 5.96. The molecule has 0 saturated heterocycles. The highest BCUT2D eigenvalue weighted by atomic mass is 16.4. The minimum atomic E-state index is -1.29. The summed E-state index contributed by atoms with van der Waals surface area (Å²) in [6.07, 6.45) is 3.91. The van der Waals surface area contributed by atoms with Crippen molar-refractivity contribution in [3.05, 3.63) is 143 Å². The Bertz CT molecular complexity index is 2550. The zero-order chi connectivity index (χ0) is 48.9. The molecule has 1 aliphatic rings. The van der Waals surface area contributed by atoms with E-state index in [2.05, 4.69) is 36.9 Å². The molecule has 6 rings (SSSR count). The van der Waals surface area contributed by atoms with Crippen molar-refractivity contribution in [1.29, 1.82) is 0 Å². The van der Waals surface area contributed by atoms with Crippen molar-refractivity contribution < 1.29 is 38.7 Å². The Hall–Kier alpha value is -7.29. The standard InChI is InChI=1S/C53H63N7O8/c1-6-32(4)47(51(65)59-44(53(67)68)28-37-29-54-41-23-15-14-20-38(37)41)60-45(62)30-55-49(63)43(27-34-16-8-7-9-17-34)57-50(64)42(26-31(2)3)58-52(66)48(56-33(5)61)46-39-21-12-10-18-35(39)24-25-36-19-11-13-22-40(36)46/h7-23,29,31-32,42-44,46-48,54H,6,24-28,30H2,1-5H3,(H,55,63)(H,56,61)(H,57,64)(H,58,66)(H,59,65)(H,60,62)(H,67,68)/t32-,42-,43-,44-,47-,48+/m0/s1. The van der Waals surface area contributed by atoms with Crippen LogP contribution in [-0.2, 0) is 59.2 Å². The van der Waals surface area contributed by atoms with E-state index in [1.165, 1.54) is 6.92 Å². The Balaban J connectivity index is 1.17. The summed E-state index contributed by atoms with van der Waals surface area (Å²) >= 11 is 0. The molecule has 0 saturated carbocycles. The van der Waals surface area contributed by atoms with E-state index in [0.717, 1.165) is 46.0 Å². The van der Waals surface area contributed by atoms with E-state index in [-0.39, 0.29) is 25.2 Å². The number of aromatic nitrogens is 1. The van der Waals surface area contributed by atoms with E-state index in [0.29, 0.717) is 17.5 Å². The summed E-state index contributed by atoms with van der Waals surface area (Å²) in [5, 5.41) is 27.5. The molecule has 358 valence electrons. The first-order valence-electron chi connectivity index (χ1n) is 23.4. The molecule has 1 heterocycles. The molecule has 1 aromatic heterocycles. The van der Waals surface area contributed by atoms with Crippen LogP contribution >= 0.6 is 0 Å². The lowest BCUT2D eigenvalue weighted by Gasteiger charge is -2.31. The van der Waals surface area contributed by atoms with Crippen molar-refractivity contribution >= 4 is 52.3 Å². The largest absolute Gasteiger partial charge is 0.480 e. The fourth-order valence-electron chi connectivity index (χ4n) is 8.94. The number of carbonyl (C=O) groups excluding carboxylic acids is 6. The number of carboxylic acids is 1. The second-order valence-electron chi connectivity index (χ2n) is 18.1. The van der Waals surface area contributed by atoms with E-state index in [9.17, 15) is 38.7 Å². The maximum atomic E-state index is 14.6. The molecule has 4 aromatic carbocycles. The number of aryl methyl sites for hydroxylation is 2. The van der Waals surface area contributed by atoms with E-state index >= 15 is 0 Å². The second kappa shape index (κ2) is 23.4. The summed E-state index contributed by atoms with van der Waals surface area (Å²) in [6, 6.07) is 26.3. The van der Waals surface area contributed by atoms with Gasteiger partial charge in [-0.05, 0) is 70.5 Å². The molecule has 15 nitrogen and oxygen atoms in total. The molecule has 0 unspecified atom stereocenters. The lowest BCUT2D eigenvalue weighted by Crippen LogP contribution is -2.59. The number of nitrogens with one attached hydrogen (secondary N) is 7. The van der Waals surface area contributed by atoms with Crippen molar-refractivity contribution in [2.75, 3.05) is 6.54 Å². The minimum absolute atomic E-state index is 0.00198. The fourth-order valence-corrected chi connectivity index (χ4v) is 8.94. The molecule has 0 radical (unpaired) electrons. The third kappa shape index (κ3) is 13.0. The molecule has 0 aliphatic heterocycles. The predicted octanol–water partition coefficient (Wildman–Crippen LogP) is 4.62. The summed E-state index contributed by atoms with van der Waals surface area (Å²) < 4.78 is 0. The first-order valence-corrected chi connectivity index (χ1v) is 23.4. The normalized spacial score (nSPS) is 14.9. The zero-order valence-corrected chi connectivity index (χ0v) is 39.3.